The van der Waals surface area contributed by atoms with E-state index in [4.69, 9.17) is 15.7 Å². The van der Waals surface area contributed by atoms with Crippen molar-refractivity contribution in [3.8, 4) is 6.07 Å². The average molecular weight is 128 g/mol. The van der Waals surface area contributed by atoms with Crippen LogP contribution in [0.5, 0.6) is 0 Å². The van der Waals surface area contributed by atoms with Crippen molar-refractivity contribution in [2.75, 3.05) is 7.11 Å². The Hall–Kier alpha value is -0.590. The lowest BCUT2D eigenvalue weighted by Crippen LogP contribution is -2.43. The van der Waals surface area contributed by atoms with Crippen LogP contribution >= 0.6 is 0 Å². The highest BCUT2D eigenvalue weighted by Crippen LogP contribution is 2.09. The van der Waals surface area contributed by atoms with Crippen LogP contribution in [0.4, 0.5) is 0 Å². The monoisotopic (exact) mass is 128 g/mol. The molecule has 0 bridgehead atoms. The van der Waals surface area contributed by atoms with E-state index in [0.29, 0.717) is 0 Å². The zero-order chi connectivity index (χ0) is 7.49. The Morgan fingerprint density at radius 1 is 1.67 bits per heavy atom. The number of nitrogens with two attached hydrogens (primary N) is 1. The number of rotatable bonds is 2. The maximum absolute atomic E-state index is 8.35. The fourth-order valence-corrected chi connectivity index (χ4v) is 0.282. The Bertz CT molecular complexity index is 126. The molecule has 0 aromatic heterocycles. The van der Waals surface area contributed by atoms with Crippen molar-refractivity contribution < 1.29 is 4.74 Å². The summed E-state index contributed by atoms with van der Waals surface area (Å²) in [6.45, 7) is 3.56. The smallest absolute Gasteiger partial charge is 0.122 e. The van der Waals surface area contributed by atoms with Crippen molar-refractivity contribution in [1.82, 2.24) is 0 Å². The second-order valence-electron chi connectivity index (χ2n) is 2.41. The Labute approximate surface area is 55.4 Å². The van der Waals surface area contributed by atoms with Crippen LogP contribution in [0.15, 0.2) is 0 Å². The van der Waals surface area contributed by atoms with Crippen LogP contribution in [0, 0.1) is 11.3 Å². The largest absolute Gasteiger partial charge is 0.376 e. The molecule has 0 amide bonds. The number of hydrogen-bond donors (Lipinski definition) is 1. The normalized spacial score (nSPS) is 14.6. The highest BCUT2D eigenvalue weighted by Gasteiger charge is 2.25. The van der Waals surface area contributed by atoms with Crippen molar-refractivity contribution in [1.29, 1.82) is 5.26 Å². The van der Waals surface area contributed by atoms with Gasteiger partial charge in [-0.15, -0.1) is 0 Å². The molecular formula is C6H12N2O. The summed E-state index contributed by atoms with van der Waals surface area (Å²) in [7, 11) is 1.54. The zero-order valence-electron chi connectivity index (χ0n) is 6.01. The molecule has 3 nitrogen and oxygen atoms in total. The summed E-state index contributed by atoms with van der Waals surface area (Å²) in [5.41, 5.74) is 4.84. The van der Waals surface area contributed by atoms with Crippen molar-refractivity contribution in [3.63, 3.8) is 0 Å². The first-order valence-electron chi connectivity index (χ1n) is 2.75. The van der Waals surface area contributed by atoms with Gasteiger partial charge in [-0.2, -0.15) is 5.26 Å². The van der Waals surface area contributed by atoms with Crippen LogP contribution in [0.2, 0.25) is 0 Å². The highest BCUT2D eigenvalue weighted by molar-refractivity contribution is 4.98. The average Bonchev–Trinajstić information content (AvgIpc) is 1.86. The van der Waals surface area contributed by atoms with Crippen molar-refractivity contribution in [3.05, 3.63) is 0 Å². The number of ether oxygens (including phenoxy) is 1. The fourth-order valence-electron chi connectivity index (χ4n) is 0.282. The van der Waals surface area contributed by atoms with Gasteiger partial charge in [0, 0.05) is 7.11 Å². The molecule has 52 valence electrons. The van der Waals surface area contributed by atoms with Gasteiger partial charge in [0.05, 0.1) is 11.7 Å². The Kier molecular flexibility index (Phi) is 2.63. The third kappa shape index (κ3) is 2.00. The molecular weight excluding hydrogens is 116 g/mol. The molecule has 0 aromatic carbocycles. The number of methoxy groups -OCH3 is 1. The van der Waals surface area contributed by atoms with Crippen LogP contribution in [0.25, 0.3) is 0 Å². The van der Waals surface area contributed by atoms with Crippen molar-refractivity contribution >= 4 is 0 Å². The van der Waals surface area contributed by atoms with Gasteiger partial charge in [-0.05, 0) is 13.8 Å². The molecule has 1 atom stereocenters. The molecule has 0 rings (SSSR count). The number of nitrogens with zero attached hydrogens (tertiary/aromatic N) is 1. The summed E-state index contributed by atoms with van der Waals surface area (Å²) < 4.78 is 4.94. The zero-order valence-corrected chi connectivity index (χ0v) is 6.01. The van der Waals surface area contributed by atoms with E-state index < -0.39 is 11.6 Å². The van der Waals surface area contributed by atoms with Gasteiger partial charge in [0.15, 0.2) is 0 Å². The summed E-state index contributed by atoms with van der Waals surface area (Å²) in [5, 5.41) is 8.35. The highest BCUT2D eigenvalue weighted by atomic mass is 16.5. The van der Waals surface area contributed by atoms with Gasteiger partial charge in [0.1, 0.15) is 6.04 Å². The molecule has 0 aliphatic heterocycles. The second-order valence-corrected chi connectivity index (χ2v) is 2.41. The van der Waals surface area contributed by atoms with Gasteiger partial charge in [-0.3, -0.25) is 0 Å². The first-order valence-corrected chi connectivity index (χ1v) is 2.75. The minimum Gasteiger partial charge on any atom is -0.376 e. The molecule has 1 unspecified atom stereocenters. The van der Waals surface area contributed by atoms with Gasteiger partial charge in [-0.1, -0.05) is 0 Å². The lowest BCUT2D eigenvalue weighted by Gasteiger charge is -2.24. The van der Waals surface area contributed by atoms with E-state index in [9.17, 15) is 0 Å². The summed E-state index contributed by atoms with van der Waals surface area (Å²) in [5.74, 6) is 0. The first kappa shape index (κ1) is 8.41. The summed E-state index contributed by atoms with van der Waals surface area (Å²) in [6.07, 6.45) is 0. The van der Waals surface area contributed by atoms with E-state index in [1.807, 2.05) is 6.07 Å². The molecule has 0 spiro atoms. The molecule has 0 radical (unpaired) electrons. The van der Waals surface area contributed by atoms with Gasteiger partial charge < -0.3 is 10.5 Å². The van der Waals surface area contributed by atoms with E-state index >= 15 is 0 Å². The van der Waals surface area contributed by atoms with Crippen LogP contribution in [0.1, 0.15) is 13.8 Å². The molecule has 2 N–H and O–H groups in total. The maximum Gasteiger partial charge on any atom is 0.122 e. The summed E-state index contributed by atoms with van der Waals surface area (Å²) in [4.78, 5) is 0. The Morgan fingerprint density at radius 3 is 2.22 bits per heavy atom. The molecule has 9 heavy (non-hydrogen) atoms. The van der Waals surface area contributed by atoms with Crippen molar-refractivity contribution in [2.24, 2.45) is 5.73 Å². The molecule has 0 heterocycles. The third-order valence-electron chi connectivity index (χ3n) is 1.41. The van der Waals surface area contributed by atoms with E-state index in [-0.39, 0.29) is 0 Å². The van der Waals surface area contributed by atoms with Gasteiger partial charge in [0.2, 0.25) is 0 Å². The molecule has 0 aromatic rings. The van der Waals surface area contributed by atoms with Gasteiger partial charge in [0.25, 0.3) is 0 Å². The Morgan fingerprint density at radius 2 is 2.11 bits per heavy atom. The number of hydrogen-bond acceptors (Lipinski definition) is 3. The fraction of sp³-hybridized carbons (Fsp3) is 0.833. The molecule has 0 saturated carbocycles. The van der Waals surface area contributed by atoms with Crippen LogP contribution in [-0.4, -0.2) is 18.8 Å². The standard InChI is InChI=1S/C6H12N2O/c1-6(2,9-3)5(8)4-7/h5H,8H2,1-3H3. The molecule has 0 saturated heterocycles. The second kappa shape index (κ2) is 2.81. The molecule has 0 aliphatic carbocycles. The van der Waals surface area contributed by atoms with Gasteiger partial charge >= 0.3 is 0 Å². The Balaban J connectivity index is 4.01. The lowest BCUT2D eigenvalue weighted by molar-refractivity contribution is 0.0143. The van der Waals surface area contributed by atoms with Crippen LogP contribution in [-0.2, 0) is 4.74 Å². The van der Waals surface area contributed by atoms with Crippen LogP contribution < -0.4 is 5.73 Å². The molecule has 0 aliphatic rings. The quantitative estimate of drug-likeness (QED) is 0.580. The van der Waals surface area contributed by atoms with E-state index in [1.54, 1.807) is 13.8 Å². The van der Waals surface area contributed by atoms with E-state index in [1.165, 1.54) is 7.11 Å². The first-order chi connectivity index (χ1) is 4.04. The summed E-state index contributed by atoms with van der Waals surface area (Å²) in [6, 6.07) is 1.36. The van der Waals surface area contributed by atoms with Gasteiger partial charge in [-0.25, -0.2) is 0 Å². The van der Waals surface area contributed by atoms with Crippen LogP contribution in [0.3, 0.4) is 0 Å². The van der Waals surface area contributed by atoms with E-state index in [0.717, 1.165) is 0 Å². The third-order valence-corrected chi connectivity index (χ3v) is 1.41. The predicted molar refractivity (Wildman–Crippen MR) is 34.7 cm³/mol. The van der Waals surface area contributed by atoms with Crippen molar-refractivity contribution in [2.45, 2.75) is 25.5 Å². The molecule has 3 heteroatoms. The molecule has 0 fully saturated rings. The maximum atomic E-state index is 8.35. The predicted octanol–water partition coefficient (Wildman–Crippen LogP) is 0.262. The SMILES string of the molecule is COC(C)(C)C(N)C#N. The summed E-state index contributed by atoms with van der Waals surface area (Å²) >= 11 is 0. The number of nitriles is 1. The minimum atomic E-state index is -0.553. The topological polar surface area (TPSA) is 59.0 Å². The lowest BCUT2D eigenvalue weighted by atomic mass is 10.0. The minimum absolute atomic E-state index is 0.533. The van der Waals surface area contributed by atoms with E-state index in [2.05, 4.69) is 0 Å².